The minimum Gasteiger partial charge on any atom is -0.415 e. The van der Waals surface area contributed by atoms with Gasteiger partial charge in [0.25, 0.3) is 0 Å². The zero-order chi connectivity index (χ0) is 46.6. The number of hydrogen-bond donors (Lipinski definition) is 0. The van der Waals surface area contributed by atoms with Crippen molar-refractivity contribution in [3.05, 3.63) is 0 Å². The Bertz CT molecular complexity index is 1240. The van der Waals surface area contributed by atoms with Gasteiger partial charge in [0, 0.05) is 0 Å². The summed E-state index contributed by atoms with van der Waals surface area (Å²) in [4.78, 5) is 0. The van der Waals surface area contributed by atoms with Crippen LogP contribution in [0.25, 0.3) is 0 Å². The number of hydrogen-bond acceptors (Lipinski definition) is 11. The Morgan fingerprint density at radius 3 is 1.03 bits per heavy atom. The van der Waals surface area contributed by atoms with Crippen LogP contribution in [0.4, 0.5) is 0 Å². The van der Waals surface area contributed by atoms with Crippen molar-refractivity contribution in [1.82, 2.24) is 0 Å². The zero-order valence-corrected chi connectivity index (χ0v) is 52.3. The van der Waals surface area contributed by atoms with Crippen LogP contribution in [-0.4, -0.2) is 150 Å². The summed E-state index contributed by atoms with van der Waals surface area (Å²) in [6.45, 7) is 61.0. The van der Waals surface area contributed by atoms with Crippen molar-refractivity contribution in [2.24, 2.45) is 0 Å². The Labute approximate surface area is 373 Å². The fourth-order valence-electron chi connectivity index (χ4n) is 6.34. The van der Waals surface area contributed by atoms with Crippen molar-refractivity contribution < 1.29 is 49.3 Å². The van der Waals surface area contributed by atoms with Crippen LogP contribution in [0, 0.1) is 0 Å². The van der Waals surface area contributed by atoms with E-state index in [0.29, 0.717) is 19.8 Å². The van der Waals surface area contributed by atoms with Crippen LogP contribution in [0.3, 0.4) is 0 Å². The van der Waals surface area contributed by atoms with Gasteiger partial charge in [-0.05, 0) is 177 Å². The monoisotopic (exact) mass is 992 g/mol. The highest BCUT2D eigenvalue weighted by Crippen LogP contribution is 2.37. The van der Waals surface area contributed by atoms with Gasteiger partial charge in [-0.25, -0.2) is 0 Å². The molecule has 1 aliphatic rings. The highest BCUT2D eigenvalue weighted by Gasteiger charge is 2.55. The van der Waals surface area contributed by atoms with E-state index in [9.17, 15) is 0 Å². The van der Waals surface area contributed by atoms with Gasteiger partial charge < -0.3 is 49.3 Å². The second-order valence-electron chi connectivity index (χ2n) is 25.2. The van der Waals surface area contributed by atoms with Crippen molar-refractivity contribution in [1.29, 1.82) is 0 Å². The van der Waals surface area contributed by atoms with Crippen LogP contribution < -0.4 is 0 Å². The van der Waals surface area contributed by atoms with Crippen molar-refractivity contribution >= 4 is 74.9 Å². The van der Waals surface area contributed by atoms with E-state index in [2.05, 4.69) is 177 Å². The summed E-state index contributed by atoms with van der Waals surface area (Å²) in [5, 5.41) is 0. The summed E-state index contributed by atoms with van der Waals surface area (Å²) in [5.74, 6) is 0. The van der Waals surface area contributed by atoms with Crippen LogP contribution in [0.5, 0.6) is 0 Å². The molecule has 0 N–H and O–H groups in total. The van der Waals surface area contributed by atoms with E-state index in [1.807, 2.05) is 0 Å². The van der Waals surface area contributed by atoms with Crippen LogP contribution in [0.2, 0.25) is 177 Å². The Kier molecular flexibility index (Phi) is 21.7. The van der Waals surface area contributed by atoms with Crippen molar-refractivity contribution in [2.45, 2.75) is 232 Å². The Morgan fingerprint density at radius 1 is 0.356 bits per heavy atom. The van der Waals surface area contributed by atoms with Gasteiger partial charge in [0.05, 0.1) is 32.0 Å². The lowest BCUT2D eigenvalue weighted by atomic mass is 9.98. The first-order valence-electron chi connectivity index (χ1n) is 22.1. The molecule has 1 rings (SSSR count). The van der Waals surface area contributed by atoms with Crippen LogP contribution in [-0.2, 0) is 49.3 Å². The summed E-state index contributed by atoms with van der Waals surface area (Å²) < 4.78 is 78.6. The van der Waals surface area contributed by atoms with Gasteiger partial charge in [-0.15, -0.1) is 0 Å². The molecule has 0 aromatic carbocycles. The number of rotatable bonds is 26. The molecule has 0 radical (unpaired) electrons. The fourth-order valence-corrected chi connectivity index (χ4v) is 14.9. The summed E-state index contributed by atoms with van der Waals surface area (Å²) >= 11 is 0. The minimum atomic E-state index is -2.29. The largest absolute Gasteiger partial charge is 0.415 e. The topological polar surface area (TPSA) is 102 Å². The van der Waals surface area contributed by atoms with E-state index in [0.717, 1.165) is 0 Å². The summed E-state index contributed by atoms with van der Waals surface area (Å²) in [6.07, 6.45) is -5.04. The molecule has 59 heavy (non-hydrogen) atoms. The summed E-state index contributed by atoms with van der Waals surface area (Å²) in [5.41, 5.74) is 0. The molecule has 11 nitrogen and oxygen atoms in total. The van der Waals surface area contributed by atoms with Gasteiger partial charge in [-0.2, -0.15) is 0 Å². The van der Waals surface area contributed by atoms with Crippen LogP contribution in [0.15, 0.2) is 0 Å². The van der Waals surface area contributed by atoms with E-state index >= 15 is 0 Å². The molecule has 0 aliphatic carbocycles. The maximum Gasteiger partial charge on any atom is 0.186 e. The SMILES string of the molecule is C[Si](C)(C)OC[C@H](O[Si](C)(C)C)[C@@H](O[Si](C)(C)C)[C@H](O[C@H]1O[C@H](CO[Si](C)(C)C)[C@@H](O[Si](C)(C)C)[C@H](O[Si](C)(C)C)[C@H]1O[Si](C)(C)C)[C@@H](CO[Si](C)(C)C)O[Si](C)(C)C. The molecule has 1 saturated heterocycles. The minimum absolute atomic E-state index is 0.343. The van der Waals surface area contributed by atoms with Crippen molar-refractivity contribution in [3.8, 4) is 0 Å². The molecule has 9 atom stereocenters. The first-order chi connectivity index (χ1) is 25.8. The molecule has 0 aromatic rings. The molecule has 20 heteroatoms. The number of ether oxygens (including phenoxy) is 2. The predicted octanol–water partition coefficient (Wildman–Crippen LogP) is 11.0. The molecular weight excluding hydrogens is 897 g/mol. The molecule has 1 heterocycles. The molecule has 0 saturated carbocycles. The highest BCUT2D eigenvalue weighted by atomic mass is 28.4. The third-order valence-electron chi connectivity index (χ3n) is 7.95. The predicted molar refractivity (Wildman–Crippen MR) is 271 cm³/mol. The lowest BCUT2D eigenvalue weighted by molar-refractivity contribution is -0.317. The van der Waals surface area contributed by atoms with Gasteiger partial charge in [0.2, 0.25) is 0 Å². The zero-order valence-electron chi connectivity index (χ0n) is 43.3. The van der Waals surface area contributed by atoms with E-state index in [-0.39, 0.29) is 0 Å². The summed E-state index contributed by atoms with van der Waals surface area (Å²) in [7, 11) is -19.3. The average molecular weight is 994 g/mol. The third kappa shape index (κ3) is 26.9. The van der Waals surface area contributed by atoms with Gasteiger partial charge >= 0.3 is 0 Å². The molecule has 1 fully saturated rings. The van der Waals surface area contributed by atoms with E-state index in [1.54, 1.807) is 0 Å². The van der Waals surface area contributed by atoms with E-state index in [1.165, 1.54) is 0 Å². The Morgan fingerprint density at radius 2 is 0.695 bits per heavy atom. The lowest BCUT2D eigenvalue weighted by Crippen LogP contribution is -2.68. The second kappa shape index (κ2) is 21.9. The van der Waals surface area contributed by atoms with E-state index in [4.69, 9.17) is 49.3 Å². The van der Waals surface area contributed by atoms with Crippen molar-refractivity contribution in [3.63, 3.8) is 0 Å². The second-order valence-corrected chi connectivity index (χ2v) is 65.5. The Hall–Kier alpha value is 1.51. The van der Waals surface area contributed by atoms with Gasteiger partial charge in [-0.3, -0.25) is 0 Å². The molecule has 0 unspecified atom stereocenters. The first kappa shape index (κ1) is 58.5. The molecule has 0 spiro atoms. The molecule has 0 amide bonds. The smallest absolute Gasteiger partial charge is 0.186 e. The standard InChI is InChI=1S/C39H96O11Si9/c1-51(2,3)40-28-31-35(47-56(16,17)18)37(49-58(22,23)24)38(50-59(25,26)27)39(43-31)44-34(32(45-54(10,11)12)29-41-52(4,5)6)36(48-57(19,20)21)33(46-55(13,14)15)30-42-53(7,8)9/h31-39H,28-30H2,1-27H3/t31-,32-,33+,34-,35-,36-,37+,38-,39-/m1/s1. The maximum absolute atomic E-state index is 7.69. The lowest BCUT2D eigenvalue weighted by Gasteiger charge is -2.52. The average Bonchev–Trinajstić information content (AvgIpc) is 2.92. The molecular formula is C39H96O11Si9. The fraction of sp³-hybridized carbons (Fsp3) is 1.00. The first-order valence-corrected chi connectivity index (χ1v) is 52.8. The quantitative estimate of drug-likeness (QED) is 0.0774. The molecule has 1 aliphatic heterocycles. The molecule has 354 valence electrons. The highest BCUT2D eigenvalue weighted by molar-refractivity contribution is 6.72. The van der Waals surface area contributed by atoms with E-state index < -0.39 is 130 Å². The Balaban J connectivity index is 4.43. The third-order valence-corrected chi connectivity index (χ3v) is 17.0. The molecule has 0 bridgehead atoms. The van der Waals surface area contributed by atoms with Crippen molar-refractivity contribution in [2.75, 3.05) is 19.8 Å². The summed E-state index contributed by atoms with van der Waals surface area (Å²) in [6, 6.07) is 0. The maximum atomic E-state index is 7.69. The van der Waals surface area contributed by atoms with Gasteiger partial charge in [-0.1, -0.05) is 0 Å². The van der Waals surface area contributed by atoms with Gasteiger partial charge in [0.15, 0.2) is 81.1 Å². The van der Waals surface area contributed by atoms with Crippen LogP contribution in [0.1, 0.15) is 0 Å². The molecule has 0 aromatic heterocycles. The normalized spacial score (nSPS) is 24.6. The van der Waals surface area contributed by atoms with Gasteiger partial charge in [0.1, 0.15) is 36.6 Å². The van der Waals surface area contributed by atoms with Crippen LogP contribution >= 0.6 is 0 Å².